The number of aryl methyl sites for hydroxylation is 1. The third-order valence-electron chi connectivity index (χ3n) is 5.90. The maximum Gasteiger partial charge on any atom is 0.253 e. The monoisotopic (exact) mass is 400 g/mol. The molecule has 1 aliphatic rings. The van der Waals surface area contributed by atoms with Gasteiger partial charge in [-0.2, -0.15) is 0 Å². The highest BCUT2D eigenvalue weighted by Crippen LogP contribution is 2.30. The first kappa shape index (κ1) is 18.7. The van der Waals surface area contributed by atoms with Crippen LogP contribution in [-0.4, -0.2) is 43.2 Å². The molecule has 0 amide bonds. The van der Waals surface area contributed by atoms with Gasteiger partial charge in [-0.25, -0.2) is 4.68 Å². The number of pyridine rings is 1. The van der Waals surface area contributed by atoms with Gasteiger partial charge in [-0.1, -0.05) is 48.5 Å². The number of H-pyrrole nitrogens is 1. The number of hydrogen-bond acceptors (Lipinski definition) is 5. The smallest absolute Gasteiger partial charge is 0.253 e. The number of fused-ring (bicyclic) bond motifs is 1. The van der Waals surface area contributed by atoms with Crippen LogP contribution in [0, 0.1) is 6.92 Å². The SMILES string of the molecule is Cc1cccc2cc(C(c3nnnn3Cc3ccccc3)N3CCCC3)c(=O)[nH]c12. The van der Waals surface area contributed by atoms with E-state index in [9.17, 15) is 4.79 Å². The summed E-state index contributed by atoms with van der Waals surface area (Å²) in [5, 5.41) is 13.6. The molecule has 2 aromatic heterocycles. The standard InChI is InChI=1S/C23H24N6O/c1-16-8-7-11-18-14-19(23(30)24-20(16)18)21(28-12-5-6-13-28)22-25-26-27-29(22)15-17-9-3-2-4-10-17/h2-4,7-11,14,21H,5-6,12-13,15H2,1H3,(H,24,30). The van der Waals surface area contributed by atoms with Crippen molar-refractivity contribution in [2.45, 2.75) is 32.4 Å². The Balaban J connectivity index is 1.63. The Kier molecular flexibility index (Phi) is 4.88. The molecule has 0 aliphatic carbocycles. The zero-order chi connectivity index (χ0) is 20.5. The molecular formula is C23H24N6O. The number of rotatable bonds is 5. The van der Waals surface area contributed by atoms with E-state index in [0.29, 0.717) is 17.9 Å². The van der Waals surface area contributed by atoms with Crippen LogP contribution in [0.25, 0.3) is 10.9 Å². The van der Waals surface area contributed by atoms with Crippen molar-refractivity contribution >= 4 is 10.9 Å². The first-order valence-electron chi connectivity index (χ1n) is 10.4. The van der Waals surface area contributed by atoms with E-state index in [4.69, 9.17) is 0 Å². The number of nitrogens with one attached hydrogen (secondary N) is 1. The number of likely N-dealkylation sites (tertiary alicyclic amines) is 1. The average molecular weight is 400 g/mol. The highest BCUT2D eigenvalue weighted by atomic mass is 16.1. The lowest BCUT2D eigenvalue weighted by atomic mass is 10.0. The van der Waals surface area contributed by atoms with Gasteiger partial charge >= 0.3 is 0 Å². The summed E-state index contributed by atoms with van der Waals surface area (Å²) >= 11 is 0. The van der Waals surface area contributed by atoms with Crippen molar-refractivity contribution in [2.75, 3.05) is 13.1 Å². The first-order chi connectivity index (χ1) is 14.7. The fourth-order valence-electron chi connectivity index (χ4n) is 4.38. The van der Waals surface area contributed by atoms with Crippen LogP contribution in [0.3, 0.4) is 0 Å². The van der Waals surface area contributed by atoms with E-state index >= 15 is 0 Å². The molecule has 2 aromatic carbocycles. The highest BCUT2D eigenvalue weighted by Gasteiger charge is 2.32. The molecule has 0 bridgehead atoms. The molecular weight excluding hydrogens is 376 g/mol. The zero-order valence-electron chi connectivity index (χ0n) is 17.0. The van der Waals surface area contributed by atoms with Crippen molar-refractivity contribution in [2.24, 2.45) is 0 Å². The van der Waals surface area contributed by atoms with Gasteiger partial charge in [0.25, 0.3) is 5.56 Å². The number of aromatic amines is 1. The van der Waals surface area contributed by atoms with Crippen LogP contribution >= 0.6 is 0 Å². The molecule has 0 spiro atoms. The first-order valence-corrected chi connectivity index (χ1v) is 10.4. The van der Waals surface area contributed by atoms with Gasteiger partial charge in [-0.3, -0.25) is 9.69 Å². The Morgan fingerprint density at radius 2 is 1.87 bits per heavy atom. The van der Waals surface area contributed by atoms with Crippen molar-refractivity contribution in [1.82, 2.24) is 30.1 Å². The van der Waals surface area contributed by atoms with Gasteiger partial charge < -0.3 is 4.98 Å². The summed E-state index contributed by atoms with van der Waals surface area (Å²) in [7, 11) is 0. The molecule has 1 aliphatic heterocycles. The second-order valence-electron chi connectivity index (χ2n) is 7.92. The Bertz CT molecular complexity index is 1220. The van der Waals surface area contributed by atoms with Gasteiger partial charge in [-0.05, 0) is 65.9 Å². The summed E-state index contributed by atoms with van der Waals surface area (Å²) < 4.78 is 1.82. The second-order valence-corrected chi connectivity index (χ2v) is 7.92. The van der Waals surface area contributed by atoms with Gasteiger partial charge in [0.1, 0.15) is 6.04 Å². The molecule has 7 heteroatoms. The molecule has 152 valence electrons. The number of nitrogens with zero attached hydrogens (tertiary/aromatic N) is 5. The Morgan fingerprint density at radius 3 is 2.67 bits per heavy atom. The molecule has 30 heavy (non-hydrogen) atoms. The van der Waals surface area contributed by atoms with Crippen molar-refractivity contribution in [3.05, 3.63) is 87.5 Å². The molecule has 7 nitrogen and oxygen atoms in total. The summed E-state index contributed by atoms with van der Waals surface area (Å²) in [6, 6.07) is 17.9. The van der Waals surface area contributed by atoms with E-state index < -0.39 is 0 Å². The lowest BCUT2D eigenvalue weighted by Crippen LogP contribution is -2.33. The predicted octanol–water partition coefficient (Wildman–Crippen LogP) is 3.06. The highest BCUT2D eigenvalue weighted by molar-refractivity contribution is 5.82. The van der Waals surface area contributed by atoms with Crippen LogP contribution in [0.1, 0.15) is 41.4 Å². The third-order valence-corrected chi connectivity index (χ3v) is 5.90. The van der Waals surface area contributed by atoms with E-state index in [2.05, 4.69) is 37.5 Å². The Labute approximate surface area is 174 Å². The van der Waals surface area contributed by atoms with E-state index in [1.165, 1.54) is 0 Å². The normalized spacial score (nSPS) is 15.6. The van der Waals surface area contributed by atoms with Gasteiger partial charge in [-0.15, -0.1) is 5.10 Å². The number of para-hydroxylation sites is 1. The lowest BCUT2D eigenvalue weighted by molar-refractivity contribution is 0.263. The lowest BCUT2D eigenvalue weighted by Gasteiger charge is -2.26. The molecule has 0 radical (unpaired) electrons. The zero-order valence-corrected chi connectivity index (χ0v) is 17.0. The average Bonchev–Trinajstić information content (AvgIpc) is 3.44. The molecule has 5 rings (SSSR count). The minimum atomic E-state index is -0.278. The molecule has 1 saturated heterocycles. The Hall–Kier alpha value is -3.32. The topological polar surface area (TPSA) is 79.7 Å². The van der Waals surface area contributed by atoms with E-state index in [1.807, 2.05) is 54.1 Å². The van der Waals surface area contributed by atoms with Gasteiger partial charge in [0.15, 0.2) is 5.82 Å². The summed E-state index contributed by atoms with van der Waals surface area (Å²) in [4.78, 5) is 18.6. The van der Waals surface area contributed by atoms with E-state index in [0.717, 1.165) is 48.0 Å². The van der Waals surface area contributed by atoms with Crippen LogP contribution in [-0.2, 0) is 6.54 Å². The van der Waals surface area contributed by atoms with Crippen LogP contribution in [0.4, 0.5) is 0 Å². The minimum absolute atomic E-state index is 0.0806. The molecule has 4 aromatic rings. The van der Waals surface area contributed by atoms with E-state index in [-0.39, 0.29) is 11.6 Å². The van der Waals surface area contributed by atoms with Crippen LogP contribution in [0.15, 0.2) is 59.4 Å². The maximum absolute atomic E-state index is 13.2. The minimum Gasteiger partial charge on any atom is -0.321 e. The van der Waals surface area contributed by atoms with Crippen LogP contribution in [0.2, 0.25) is 0 Å². The second kappa shape index (κ2) is 7.84. The fourth-order valence-corrected chi connectivity index (χ4v) is 4.38. The molecule has 1 unspecified atom stereocenters. The predicted molar refractivity (Wildman–Crippen MR) is 115 cm³/mol. The maximum atomic E-state index is 13.2. The molecule has 3 heterocycles. The summed E-state index contributed by atoms with van der Waals surface area (Å²) in [5.74, 6) is 0.707. The summed E-state index contributed by atoms with van der Waals surface area (Å²) in [5.41, 5.74) is 3.68. The van der Waals surface area contributed by atoms with Gasteiger partial charge in [0.05, 0.1) is 12.1 Å². The molecule has 1 fully saturated rings. The van der Waals surface area contributed by atoms with Crippen molar-refractivity contribution in [3.8, 4) is 0 Å². The quantitative estimate of drug-likeness (QED) is 0.557. The number of aromatic nitrogens is 5. The van der Waals surface area contributed by atoms with Crippen molar-refractivity contribution in [1.29, 1.82) is 0 Å². The van der Waals surface area contributed by atoms with Crippen molar-refractivity contribution in [3.63, 3.8) is 0 Å². The molecule has 0 saturated carbocycles. The third kappa shape index (κ3) is 3.41. The Morgan fingerprint density at radius 1 is 1.07 bits per heavy atom. The molecule has 1 N–H and O–H groups in total. The molecule has 1 atom stereocenters. The van der Waals surface area contributed by atoms with Crippen molar-refractivity contribution < 1.29 is 0 Å². The van der Waals surface area contributed by atoms with Gasteiger partial charge in [0.2, 0.25) is 0 Å². The largest absolute Gasteiger partial charge is 0.321 e. The number of benzene rings is 2. The summed E-state index contributed by atoms with van der Waals surface area (Å²) in [6.45, 7) is 4.43. The fraction of sp³-hybridized carbons (Fsp3) is 0.304. The number of hydrogen-bond donors (Lipinski definition) is 1. The van der Waals surface area contributed by atoms with E-state index in [1.54, 1.807) is 0 Å². The summed E-state index contributed by atoms with van der Waals surface area (Å²) in [6.07, 6.45) is 2.22. The van der Waals surface area contributed by atoms with Crippen LogP contribution in [0.5, 0.6) is 0 Å². The van der Waals surface area contributed by atoms with Crippen LogP contribution < -0.4 is 5.56 Å². The number of tetrazole rings is 1. The van der Waals surface area contributed by atoms with Gasteiger partial charge in [0, 0.05) is 5.56 Å².